The van der Waals surface area contributed by atoms with Gasteiger partial charge in [-0.2, -0.15) is 0 Å². The number of ether oxygens (including phenoxy) is 1. The molecule has 158 valence electrons. The third-order valence-electron chi connectivity index (χ3n) is 4.53. The number of aromatic nitrogens is 3. The molecular weight excluding hydrogens is 412 g/mol. The number of carbonyl (C=O) groups excluding carboxylic acids is 1. The van der Waals surface area contributed by atoms with Crippen LogP contribution in [-0.2, 0) is 6.54 Å². The molecule has 0 aliphatic carbocycles. The van der Waals surface area contributed by atoms with Crippen LogP contribution in [0.4, 0.5) is 5.95 Å². The largest absolute Gasteiger partial charge is 0.491 e. The number of fused-ring (bicyclic) bond motifs is 1. The fourth-order valence-corrected chi connectivity index (χ4v) is 3.95. The van der Waals surface area contributed by atoms with Crippen molar-refractivity contribution in [3.05, 3.63) is 65.3 Å². The van der Waals surface area contributed by atoms with Crippen molar-refractivity contribution in [2.24, 2.45) is 5.73 Å². The molecule has 5 N–H and O–H groups in total. The minimum Gasteiger partial charge on any atom is -0.491 e. The highest BCUT2D eigenvalue weighted by molar-refractivity contribution is 7.20. The predicted octanol–water partition coefficient (Wildman–Crippen LogP) is 2.99. The molecule has 0 saturated carbocycles. The molecule has 31 heavy (non-hydrogen) atoms. The standard InChI is InChI=1S/C22H22N6O2S/c23-8-4-10-30-17-11-15(16-7-9-25-22(24)27-16)12-18-19(17)28-21(31-18)20(29)26-13-14-5-2-1-3-6-14/h1-3,5-7,9,11-12H,4,8,10,13,23H2,(H,26,29)(H2,24,25,27). The van der Waals surface area contributed by atoms with Crippen molar-refractivity contribution in [1.82, 2.24) is 20.3 Å². The average Bonchev–Trinajstić information content (AvgIpc) is 3.23. The molecule has 2 aromatic heterocycles. The van der Waals surface area contributed by atoms with Gasteiger partial charge in [0.15, 0.2) is 5.01 Å². The molecule has 0 spiro atoms. The van der Waals surface area contributed by atoms with Gasteiger partial charge in [-0.15, -0.1) is 11.3 Å². The van der Waals surface area contributed by atoms with E-state index >= 15 is 0 Å². The fourth-order valence-electron chi connectivity index (χ4n) is 3.01. The number of amides is 1. The Labute approximate surface area is 183 Å². The Morgan fingerprint density at radius 2 is 1.97 bits per heavy atom. The Kier molecular flexibility index (Phi) is 6.34. The summed E-state index contributed by atoms with van der Waals surface area (Å²) in [4.78, 5) is 25.5. The van der Waals surface area contributed by atoms with Gasteiger partial charge in [-0.3, -0.25) is 4.79 Å². The van der Waals surface area contributed by atoms with Crippen LogP contribution in [0.15, 0.2) is 54.7 Å². The third-order valence-corrected chi connectivity index (χ3v) is 5.53. The molecule has 0 saturated heterocycles. The molecule has 8 nitrogen and oxygen atoms in total. The average molecular weight is 435 g/mol. The van der Waals surface area contributed by atoms with Crippen LogP contribution in [0.2, 0.25) is 0 Å². The molecule has 0 radical (unpaired) electrons. The van der Waals surface area contributed by atoms with E-state index in [1.165, 1.54) is 11.3 Å². The van der Waals surface area contributed by atoms with Crippen molar-refractivity contribution in [2.75, 3.05) is 18.9 Å². The lowest BCUT2D eigenvalue weighted by molar-refractivity contribution is 0.0950. The Hall–Kier alpha value is -3.56. The maximum atomic E-state index is 12.7. The number of nitrogens with one attached hydrogen (secondary N) is 1. The highest BCUT2D eigenvalue weighted by atomic mass is 32.1. The molecule has 0 aliphatic heterocycles. The number of thiazole rings is 1. The van der Waals surface area contributed by atoms with Crippen molar-refractivity contribution in [1.29, 1.82) is 0 Å². The van der Waals surface area contributed by atoms with Crippen LogP contribution in [0.5, 0.6) is 5.75 Å². The molecule has 1 amide bonds. The van der Waals surface area contributed by atoms with E-state index in [-0.39, 0.29) is 11.9 Å². The van der Waals surface area contributed by atoms with Crippen LogP contribution in [-0.4, -0.2) is 34.0 Å². The van der Waals surface area contributed by atoms with Gasteiger partial charge in [0.2, 0.25) is 5.95 Å². The number of nitrogen functional groups attached to an aromatic ring is 1. The van der Waals surface area contributed by atoms with Crippen molar-refractivity contribution in [2.45, 2.75) is 13.0 Å². The van der Waals surface area contributed by atoms with E-state index in [1.807, 2.05) is 42.5 Å². The van der Waals surface area contributed by atoms with Crippen LogP contribution in [0, 0.1) is 0 Å². The summed E-state index contributed by atoms with van der Waals surface area (Å²) >= 11 is 1.30. The van der Waals surface area contributed by atoms with E-state index in [0.717, 1.165) is 15.8 Å². The molecule has 9 heteroatoms. The van der Waals surface area contributed by atoms with Gasteiger partial charge in [0.25, 0.3) is 5.91 Å². The van der Waals surface area contributed by atoms with E-state index in [1.54, 1.807) is 12.3 Å². The number of hydrogen-bond donors (Lipinski definition) is 3. The molecule has 0 unspecified atom stereocenters. The number of nitrogens with zero attached hydrogens (tertiary/aromatic N) is 3. The summed E-state index contributed by atoms with van der Waals surface area (Å²) in [7, 11) is 0. The van der Waals surface area contributed by atoms with Crippen LogP contribution in [0.25, 0.3) is 21.5 Å². The maximum absolute atomic E-state index is 12.7. The first-order valence-electron chi connectivity index (χ1n) is 9.82. The summed E-state index contributed by atoms with van der Waals surface area (Å²) in [6, 6.07) is 15.3. The lowest BCUT2D eigenvalue weighted by atomic mass is 10.1. The SMILES string of the molecule is NCCCOc1cc(-c2ccnc(N)n2)cc2sc(C(=O)NCc3ccccc3)nc12. The maximum Gasteiger partial charge on any atom is 0.280 e. The zero-order valence-electron chi connectivity index (χ0n) is 16.7. The Morgan fingerprint density at radius 3 is 2.74 bits per heavy atom. The molecule has 2 aromatic carbocycles. The third kappa shape index (κ3) is 4.96. The summed E-state index contributed by atoms with van der Waals surface area (Å²) in [6.45, 7) is 1.41. The van der Waals surface area contributed by atoms with Crippen LogP contribution < -0.4 is 21.5 Å². The molecule has 0 atom stereocenters. The smallest absolute Gasteiger partial charge is 0.280 e. The number of anilines is 1. The van der Waals surface area contributed by atoms with E-state index in [4.69, 9.17) is 16.2 Å². The lowest BCUT2D eigenvalue weighted by Gasteiger charge is -2.09. The zero-order valence-corrected chi connectivity index (χ0v) is 17.6. The van der Waals surface area contributed by atoms with Gasteiger partial charge in [0, 0.05) is 18.3 Å². The Morgan fingerprint density at radius 1 is 1.13 bits per heavy atom. The first-order valence-corrected chi connectivity index (χ1v) is 10.6. The topological polar surface area (TPSA) is 129 Å². The number of carbonyl (C=O) groups is 1. The molecule has 4 aromatic rings. The van der Waals surface area contributed by atoms with Gasteiger partial charge >= 0.3 is 0 Å². The Bertz CT molecular complexity index is 1200. The molecule has 0 aliphatic rings. The Balaban J connectivity index is 1.65. The summed E-state index contributed by atoms with van der Waals surface area (Å²) in [5, 5.41) is 3.29. The second-order valence-corrected chi connectivity index (χ2v) is 7.83. The summed E-state index contributed by atoms with van der Waals surface area (Å²) < 4.78 is 6.75. The second kappa shape index (κ2) is 9.50. The lowest BCUT2D eigenvalue weighted by Crippen LogP contribution is -2.22. The summed E-state index contributed by atoms with van der Waals surface area (Å²) in [6.07, 6.45) is 2.31. The first-order chi connectivity index (χ1) is 15.1. The van der Waals surface area contributed by atoms with Gasteiger partial charge in [-0.1, -0.05) is 30.3 Å². The van der Waals surface area contributed by atoms with Gasteiger partial charge in [-0.05, 0) is 36.7 Å². The van der Waals surface area contributed by atoms with Crippen molar-refractivity contribution in [3.63, 3.8) is 0 Å². The fraction of sp³-hybridized carbons (Fsp3) is 0.182. The summed E-state index contributed by atoms with van der Waals surface area (Å²) in [5.74, 6) is 0.538. The summed E-state index contributed by atoms with van der Waals surface area (Å²) in [5.41, 5.74) is 14.5. The highest BCUT2D eigenvalue weighted by Gasteiger charge is 2.17. The van der Waals surface area contributed by atoms with Crippen molar-refractivity contribution < 1.29 is 9.53 Å². The van der Waals surface area contributed by atoms with Crippen LogP contribution in [0.1, 0.15) is 21.8 Å². The number of benzene rings is 2. The van der Waals surface area contributed by atoms with Gasteiger partial charge < -0.3 is 21.5 Å². The van der Waals surface area contributed by atoms with E-state index in [2.05, 4.69) is 20.3 Å². The quantitative estimate of drug-likeness (QED) is 0.364. The van der Waals surface area contributed by atoms with E-state index < -0.39 is 0 Å². The van der Waals surface area contributed by atoms with Gasteiger partial charge in [-0.25, -0.2) is 15.0 Å². The molecule has 0 bridgehead atoms. The molecule has 4 rings (SSSR count). The minimum absolute atomic E-state index is 0.188. The molecule has 2 heterocycles. The molecular formula is C22H22N6O2S. The predicted molar refractivity (Wildman–Crippen MR) is 122 cm³/mol. The van der Waals surface area contributed by atoms with Gasteiger partial charge in [0.1, 0.15) is 11.3 Å². The minimum atomic E-state index is -0.231. The monoisotopic (exact) mass is 434 g/mol. The van der Waals surface area contributed by atoms with Crippen LogP contribution in [0.3, 0.4) is 0 Å². The second-order valence-electron chi connectivity index (χ2n) is 6.80. The highest BCUT2D eigenvalue weighted by Crippen LogP contribution is 2.35. The van der Waals surface area contributed by atoms with Crippen molar-refractivity contribution in [3.8, 4) is 17.0 Å². The van der Waals surface area contributed by atoms with Crippen LogP contribution >= 0.6 is 11.3 Å². The number of rotatable bonds is 8. The van der Waals surface area contributed by atoms with E-state index in [9.17, 15) is 4.79 Å². The number of nitrogens with two attached hydrogens (primary N) is 2. The van der Waals surface area contributed by atoms with E-state index in [0.29, 0.717) is 48.1 Å². The number of hydrogen-bond acceptors (Lipinski definition) is 8. The zero-order chi connectivity index (χ0) is 21.6. The van der Waals surface area contributed by atoms with Crippen molar-refractivity contribution >= 4 is 33.4 Å². The van der Waals surface area contributed by atoms with Gasteiger partial charge in [0.05, 0.1) is 17.0 Å². The molecule has 0 fully saturated rings. The first kappa shape index (κ1) is 20.7. The normalized spacial score (nSPS) is 10.9.